The summed E-state index contributed by atoms with van der Waals surface area (Å²) >= 11 is 1.50. The first kappa shape index (κ1) is 30.2. The second-order valence-electron chi connectivity index (χ2n) is 8.96. The van der Waals surface area contributed by atoms with E-state index >= 15 is 0 Å². The van der Waals surface area contributed by atoms with Gasteiger partial charge in [-0.2, -0.15) is 4.31 Å². The van der Waals surface area contributed by atoms with Crippen molar-refractivity contribution in [2.45, 2.75) is 44.9 Å². The van der Waals surface area contributed by atoms with Crippen LogP contribution in [0.5, 0.6) is 0 Å². The van der Waals surface area contributed by atoms with E-state index in [2.05, 4.69) is 11.0 Å². The molecule has 0 radical (unpaired) electrons. The van der Waals surface area contributed by atoms with Gasteiger partial charge in [0.2, 0.25) is 10.0 Å². The van der Waals surface area contributed by atoms with Crippen LogP contribution in [0, 0.1) is 6.92 Å². The Morgan fingerprint density at radius 3 is 2.28 bits per heavy atom. The fourth-order valence-electron chi connectivity index (χ4n) is 3.82. The molecule has 0 fully saturated rings. The Hall–Kier alpha value is -2.04. The molecule has 0 atom stereocenters. The molecule has 198 valence electrons. The molecule has 0 saturated carbocycles. The minimum Gasteiger partial charge on any atom is -0.309 e. The summed E-state index contributed by atoms with van der Waals surface area (Å²) in [5.74, 6) is -0.179. The van der Waals surface area contributed by atoms with Crippen molar-refractivity contribution in [2.24, 2.45) is 0 Å². The van der Waals surface area contributed by atoms with Gasteiger partial charge >= 0.3 is 0 Å². The van der Waals surface area contributed by atoms with Crippen LogP contribution in [0.1, 0.15) is 49.0 Å². The number of hydrogen-bond donors (Lipinski definition) is 0. The number of hydrogen-bond acceptors (Lipinski definition) is 6. The summed E-state index contributed by atoms with van der Waals surface area (Å²) < 4.78 is 28.6. The van der Waals surface area contributed by atoms with Gasteiger partial charge in [0.05, 0.1) is 15.1 Å². The SMILES string of the molecule is CCCCN(CC)S(=O)(=O)c1ccc(C(=O)N(CCCN(C)C)c2nc3ccc(C)cc3s2)cc1.Cl. The predicted molar refractivity (Wildman–Crippen MR) is 152 cm³/mol. The van der Waals surface area contributed by atoms with Gasteiger partial charge in [0, 0.05) is 25.2 Å². The van der Waals surface area contributed by atoms with Gasteiger partial charge < -0.3 is 4.90 Å². The van der Waals surface area contributed by atoms with Crippen LogP contribution >= 0.6 is 23.7 Å². The molecule has 0 aliphatic rings. The van der Waals surface area contributed by atoms with E-state index in [4.69, 9.17) is 4.98 Å². The van der Waals surface area contributed by atoms with E-state index in [1.165, 1.54) is 27.8 Å². The molecule has 3 rings (SSSR count). The average molecular weight is 553 g/mol. The van der Waals surface area contributed by atoms with Gasteiger partial charge in [-0.3, -0.25) is 9.69 Å². The zero-order valence-corrected chi connectivity index (χ0v) is 24.2. The third-order valence-corrected chi connectivity index (χ3v) is 8.88. The number of aromatic nitrogens is 1. The number of rotatable bonds is 12. The summed E-state index contributed by atoms with van der Waals surface area (Å²) in [6, 6.07) is 12.4. The highest BCUT2D eigenvalue weighted by molar-refractivity contribution is 7.89. The first-order valence-electron chi connectivity index (χ1n) is 12.1. The molecule has 0 saturated heterocycles. The Bertz CT molecular complexity index is 1240. The van der Waals surface area contributed by atoms with Crippen LogP contribution < -0.4 is 4.90 Å². The molecule has 0 unspecified atom stereocenters. The minimum absolute atomic E-state index is 0. The Kier molecular flexibility index (Phi) is 11.3. The van der Waals surface area contributed by atoms with Crippen molar-refractivity contribution < 1.29 is 13.2 Å². The van der Waals surface area contributed by atoms with E-state index in [0.717, 1.165) is 41.6 Å². The van der Waals surface area contributed by atoms with Gasteiger partial charge in [0.25, 0.3) is 5.91 Å². The number of anilines is 1. The van der Waals surface area contributed by atoms with Crippen LogP contribution in [0.15, 0.2) is 47.4 Å². The van der Waals surface area contributed by atoms with Gasteiger partial charge in [-0.25, -0.2) is 13.4 Å². The number of carbonyl (C=O) groups is 1. The molecule has 0 N–H and O–H groups in total. The normalized spacial score (nSPS) is 11.8. The molecule has 7 nitrogen and oxygen atoms in total. The fraction of sp³-hybridized carbons (Fsp3) is 0.462. The molecule has 10 heteroatoms. The third kappa shape index (κ3) is 7.26. The fourth-order valence-corrected chi connectivity index (χ4v) is 6.40. The number of aryl methyl sites for hydroxylation is 1. The second-order valence-corrected chi connectivity index (χ2v) is 11.9. The molecule has 36 heavy (non-hydrogen) atoms. The zero-order chi connectivity index (χ0) is 25.6. The number of fused-ring (bicyclic) bond motifs is 1. The molecule has 3 aromatic rings. The predicted octanol–water partition coefficient (Wildman–Crippen LogP) is 5.44. The number of halogens is 1. The van der Waals surface area contributed by atoms with Crippen molar-refractivity contribution in [3.8, 4) is 0 Å². The van der Waals surface area contributed by atoms with E-state index in [0.29, 0.717) is 30.3 Å². The highest BCUT2D eigenvalue weighted by Crippen LogP contribution is 2.31. The lowest BCUT2D eigenvalue weighted by Gasteiger charge is -2.22. The standard InChI is InChI=1S/C26H36N4O3S2.ClH/c1-6-8-17-29(7-2)35(32,33)22-13-11-21(12-14-22)25(31)30(18-9-16-28(4)5)26-27-23-15-10-20(3)19-24(23)34-26;/h10-15,19H,6-9,16-18H2,1-5H3;1H. The first-order valence-corrected chi connectivity index (χ1v) is 14.4. The van der Waals surface area contributed by atoms with Crippen molar-refractivity contribution >= 4 is 55.0 Å². The van der Waals surface area contributed by atoms with Gasteiger partial charge in [-0.1, -0.05) is 37.7 Å². The van der Waals surface area contributed by atoms with Crippen LogP contribution in [0.4, 0.5) is 5.13 Å². The second kappa shape index (κ2) is 13.5. The van der Waals surface area contributed by atoms with Crippen LogP contribution in [0.2, 0.25) is 0 Å². The third-order valence-electron chi connectivity index (χ3n) is 5.85. The highest BCUT2D eigenvalue weighted by Gasteiger charge is 2.25. The van der Waals surface area contributed by atoms with Gasteiger partial charge in [-0.15, -0.1) is 12.4 Å². The van der Waals surface area contributed by atoms with Gasteiger partial charge in [-0.05, 0) is 82.4 Å². The maximum absolute atomic E-state index is 13.6. The molecule has 0 aliphatic heterocycles. The molecule has 0 aliphatic carbocycles. The van der Waals surface area contributed by atoms with E-state index in [-0.39, 0.29) is 23.2 Å². The lowest BCUT2D eigenvalue weighted by molar-refractivity contribution is 0.0986. The number of nitrogens with zero attached hydrogens (tertiary/aromatic N) is 4. The Morgan fingerprint density at radius 2 is 1.67 bits per heavy atom. The minimum atomic E-state index is -3.59. The van der Waals surface area contributed by atoms with Crippen LogP contribution in [0.3, 0.4) is 0 Å². The summed E-state index contributed by atoms with van der Waals surface area (Å²) in [5.41, 5.74) is 2.46. The molecular formula is C26H37ClN4O3S2. The number of unbranched alkanes of at least 4 members (excludes halogenated alkanes) is 1. The first-order chi connectivity index (χ1) is 16.7. The van der Waals surface area contributed by atoms with Crippen molar-refractivity contribution in [1.82, 2.24) is 14.2 Å². The van der Waals surface area contributed by atoms with Gasteiger partial charge in [0.15, 0.2) is 5.13 Å². The van der Waals surface area contributed by atoms with Crippen LogP contribution in [0.25, 0.3) is 10.2 Å². The van der Waals surface area contributed by atoms with Crippen LogP contribution in [-0.4, -0.2) is 68.8 Å². The van der Waals surface area contributed by atoms with E-state index in [1.807, 2.05) is 47.0 Å². The highest BCUT2D eigenvalue weighted by atomic mass is 35.5. The average Bonchev–Trinajstić information content (AvgIpc) is 3.24. The summed E-state index contributed by atoms with van der Waals surface area (Å²) in [5, 5.41) is 0.655. The van der Waals surface area contributed by atoms with E-state index in [1.54, 1.807) is 17.0 Å². The molecule has 0 spiro atoms. The maximum Gasteiger partial charge on any atom is 0.260 e. The lowest BCUT2D eigenvalue weighted by atomic mass is 10.2. The lowest BCUT2D eigenvalue weighted by Crippen LogP contribution is -2.34. The Labute approximate surface area is 225 Å². The Morgan fingerprint density at radius 1 is 0.972 bits per heavy atom. The van der Waals surface area contributed by atoms with E-state index < -0.39 is 10.0 Å². The monoisotopic (exact) mass is 552 g/mol. The summed E-state index contributed by atoms with van der Waals surface area (Å²) in [6.07, 6.45) is 2.53. The number of benzene rings is 2. The number of thiazole rings is 1. The topological polar surface area (TPSA) is 73.8 Å². The summed E-state index contributed by atoms with van der Waals surface area (Å²) in [7, 11) is 0.421. The molecule has 1 heterocycles. The van der Waals surface area contributed by atoms with Crippen molar-refractivity contribution in [3.05, 3.63) is 53.6 Å². The van der Waals surface area contributed by atoms with Crippen molar-refractivity contribution in [1.29, 1.82) is 0 Å². The summed E-state index contributed by atoms with van der Waals surface area (Å²) in [4.78, 5) is 22.3. The number of amides is 1. The number of carbonyl (C=O) groups excluding carboxylic acids is 1. The smallest absolute Gasteiger partial charge is 0.260 e. The molecular weight excluding hydrogens is 516 g/mol. The van der Waals surface area contributed by atoms with Crippen LogP contribution in [-0.2, 0) is 10.0 Å². The maximum atomic E-state index is 13.6. The largest absolute Gasteiger partial charge is 0.309 e. The molecule has 1 aromatic heterocycles. The van der Waals surface area contributed by atoms with E-state index in [9.17, 15) is 13.2 Å². The number of sulfonamides is 1. The van der Waals surface area contributed by atoms with Gasteiger partial charge in [0.1, 0.15) is 0 Å². The molecule has 2 aromatic carbocycles. The Balaban J connectivity index is 0.00000456. The zero-order valence-electron chi connectivity index (χ0n) is 21.7. The molecule has 0 bridgehead atoms. The molecule has 1 amide bonds. The van der Waals surface area contributed by atoms with Crippen molar-refractivity contribution in [2.75, 3.05) is 45.2 Å². The summed E-state index contributed by atoms with van der Waals surface area (Å²) in [6.45, 7) is 8.20. The quantitative estimate of drug-likeness (QED) is 0.299. The van der Waals surface area contributed by atoms with Crippen molar-refractivity contribution in [3.63, 3.8) is 0 Å².